The van der Waals surface area contributed by atoms with Gasteiger partial charge < -0.3 is 4.55 Å². The second-order valence-electron chi connectivity index (χ2n) is 8.04. The fourth-order valence-corrected chi connectivity index (χ4v) is 5.40. The highest BCUT2D eigenvalue weighted by atomic mass is 32.2. The van der Waals surface area contributed by atoms with Crippen LogP contribution in [0.1, 0.15) is 58.4 Å². The van der Waals surface area contributed by atoms with Crippen LogP contribution in [0.4, 0.5) is 0 Å². The van der Waals surface area contributed by atoms with Crippen molar-refractivity contribution in [1.82, 2.24) is 0 Å². The molecule has 0 N–H and O–H groups in total. The number of carbonyl (C=O) groups excluding carboxylic acids is 1. The molecule has 0 heterocycles. The molecule has 0 aliphatic heterocycles. The summed E-state index contributed by atoms with van der Waals surface area (Å²) in [5.41, 5.74) is 0.785. The van der Waals surface area contributed by atoms with Crippen LogP contribution in [-0.2, 0) is 25.8 Å². The Morgan fingerprint density at radius 3 is 2.04 bits per heavy atom. The van der Waals surface area contributed by atoms with E-state index in [0.717, 1.165) is 16.6 Å². The molecule has 1 aromatic carbocycles. The summed E-state index contributed by atoms with van der Waals surface area (Å²) < 4.78 is 31.2. The maximum absolute atomic E-state index is 11.9. The van der Waals surface area contributed by atoms with Gasteiger partial charge in [0.1, 0.15) is 15.4 Å². The number of rotatable bonds is 4. The third kappa shape index (κ3) is 8.23. The largest absolute Gasteiger partial charge is 0.744 e. The summed E-state index contributed by atoms with van der Waals surface area (Å²) in [6.45, 7) is 7.93. The second kappa shape index (κ2) is 9.90. The van der Waals surface area contributed by atoms with Gasteiger partial charge in [-0.25, -0.2) is 8.42 Å². The minimum Gasteiger partial charge on any atom is -0.744 e. The van der Waals surface area contributed by atoms with Gasteiger partial charge in [0.05, 0.1) is 11.2 Å². The summed E-state index contributed by atoms with van der Waals surface area (Å²) in [5.74, 6) is 1.26. The van der Waals surface area contributed by atoms with E-state index in [0.29, 0.717) is 16.7 Å². The van der Waals surface area contributed by atoms with Crippen molar-refractivity contribution < 1.29 is 17.8 Å². The monoisotopic (exact) mass is 400 g/mol. The third-order valence-electron chi connectivity index (χ3n) is 4.63. The van der Waals surface area contributed by atoms with Gasteiger partial charge in [0.15, 0.2) is 11.5 Å². The van der Waals surface area contributed by atoms with E-state index in [1.807, 2.05) is 27.7 Å². The molecule has 1 aromatic rings. The molecule has 1 fully saturated rings. The number of benzene rings is 1. The zero-order valence-corrected chi connectivity index (χ0v) is 18.2. The molecular weight excluding hydrogens is 368 g/mol. The first-order valence-corrected chi connectivity index (χ1v) is 12.4. The predicted molar refractivity (Wildman–Crippen MR) is 109 cm³/mol. The van der Waals surface area contributed by atoms with E-state index in [2.05, 4.69) is 6.26 Å². The highest BCUT2D eigenvalue weighted by Crippen LogP contribution is 2.26. The highest BCUT2D eigenvalue weighted by molar-refractivity contribution is 7.97. The first kappa shape index (κ1) is 23.2. The Bertz CT molecular complexity index is 667. The van der Waals surface area contributed by atoms with Gasteiger partial charge in [0.2, 0.25) is 0 Å². The molecule has 1 unspecified atom stereocenters. The average molecular weight is 401 g/mol. The summed E-state index contributed by atoms with van der Waals surface area (Å²) in [5, 5.41) is 0.838. The summed E-state index contributed by atoms with van der Waals surface area (Å²) in [6, 6.07) is 5.78. The number of hydrogen-bond acceptors (Lipinski definition) is 4. The van der Waals surface area contributed by atoms with E-state index in [1.54, 1.807) is 12.1 Å². The molecule has 1 saturated carbocycles. The fourth-order valence-electron chi connectivity index (χ4n) is 2.71. The number of ketones is 1. The van der Waals surface area contributed by atoms with Crippen LogP contribution in [0, 0.1) is 12.3 Å². The van der Waals surface area contributed by atoms with Crippen molar-refractivity contribution >= 4 is 26.8 Å². The van der Waals surface area contributed by atoms with E-state index in [9.17, 15) is 17.8 Å². The Hall–Kier alpha value is -0.850. The third-order valence-corrected chi connectivity index (χ3v) is 7.80. The first-order valence-electron chi connectivity index (χ1n) is 9.08. The molecule has 148 valence electrons. The van der Waals surface area contributed by atoms with Gasteiger partial charge in [-0.15, -0.1) is 0 Å². The van der Waals surface area contributed by atoms with Crippen LogP contribution in [0.5, 0.6) is 0 Å². The van der Waals surface area contributed by atoms with Gasteiger partial charge in [-0.3, -0.25) is 4.79 Å². The van der Waals surface area contributed by atoms with Crippen LogP contribution in [0.2, 0.25) is 0 Å². The van der Waals surface area contributed by atoms with Crippen molar-refractivity contribution in [3.8, 4) is 0 Å². The Kier molecular flexibility index (Phi) is 8.83. The maximum Gasteiger partial charge on any atom is 0.187 e. The molecule has 0 amide bonds. The molecule has 2 rings (SSSR count). The van der Waals surface area contributed by atoms with Crippen LogP contribution in [0.25, 0.3) is 0 Å². The molecule has 0 spiro atoms. The lowest BCUT2D eigenvalue weighted by molar-refractivity contribution is -0.123. The molecule has 4 nitrogen and oxygen atoms in total. The van der Waals surface area contributed by atoms with Crippen LogP contribution < -0.4 is 0 Å². The normalized spacial score (nSPS) is 17.2. The zero-order valence-electron chi connectivity index (χ0n) is 16.6. The summed E-state index contributed by atoms with van der Waals surface area (Å²) in [4.78, 5) is 11.7. The van der Waals surface area contributed by atoms with Crippen LogP contribution >= 0.6 is 0 Å². The smallest absolute Gasteiger partial charge is 0.187 e. The van der Waals surface area contributed by atoms with Crippen molar-refractivity contribution in [3.05, 3.63) is 29.8 Å². The van der Waals surface area contributed by atoms with Gasteiger partial charge in [0.25, 0.3) is 0 Å². The van der Waals surface area contributed by atoms with Crippen molar-refractivity contribution in [1.29, 1.82) is 0 Å². The molecule has 0 radical (unpaired) electrons. The molecule has 6 heteroatoms. The minimum absolute atomic E-state index is 0.143. The second-order valence-corrected chi connectivity index (χ2v) is 11.8. The molecule has 0 saturated heterocycles. The SMILES string of the molecule is C[S+](CC(=O)C(C)(C)C)C1CCCCC1.Cc1ccc(S(=O)(=O)[O-])cc1. The van der Waals surface area contributed by atoms with Gasteiger partial charge in [-0.05, 0) is 55.6 Å². The summed E-state index contributed by atoms with van der Waals surface area (Å²) in [6.07, 6.45) is 9.17. The molecule has 1 atom stereocenters. The number of carbonyl (C=O) groups is 1. The summed E-state index contributed by atoms with van der Waals surface area (Å²) >= 11 is 0. The molecule has 0 bridgehead atoms. The topological polar surface area (TPSA) is 74.3 Å². The molecule has 0 aromatic heterocycles. The van der Waals surface area contributed by atoms with E-state index in [-0.39, 0.29) is 10.3 Å². The van der Waals surface area contributed by atoms with Gasteiger partial charge in [-0.1, -0.05) is 44.9 Å². The van der Waals surface area contributed by atoms with E-state index >= 15 is 0 Å². The Labute approximate surface area is 161 Å². The van der Waals surface area contributed by atoms with Gasteiger partial charge >= 0.3 is 0 Å². The van der Waals surface area contributed by atoms with Crippen molar-refractivity contribution in [2.75, 3.05) is 12.0 Å². The number of aryl methyl sites for hydroxylation is 1. The Morgan fingerprint density at radius 2 is 1.62 bits per heavy atom. The molecular formula is C20H32O4S2. The standard InChI is InChI=1S/C13H25OS.C7H8O3S/c1-13(2,3)12(14)10-15(4)11-8-6-5-7-9-11;1-6-2-4-7(5-3-6)11(8,9)10/h11H,5-10H2,1-4H3;2-5H,1H3,(H,8,9,10)/q+1;/p-1. The zero-order chi connectivity index (χ0) is 20.0. The lowest BCUT2D eigenvalue weighted by Crippen LogP contribution is -2.34. The first-order chi connectivity index (χ1) is 11.9. The lowest BCUT2D eigenvalue weighted by atomic mass is 9.92. The van der Waals surface area contributed by atoms with E-state index < -0.39 is 10.1 Å². The molecule has 1 aliphatic rings. The maximum atomic E-state index is 11.9. The predicted octanol–water partition coefficient (Wildman–Crippen LogP) is 4.08. The Balaban J connectivity index is 0.000000273. The average Bonchev–Trinajstić information content (AvgIpc) is 2.55. The lowest BCUT2D eigenvalue weighted by Gasteiger charge is -2.22. The molecule has 1 aliphatic carbocycles. The summed E-state index contributed by atoms with van der Waals surface area (Å²) in [7, 11) is -3.95. The quantitative estimate of drug-likeness (QED) is 0.564. The number of Topliss-reactive ketones (excluding diaryl/α,β-unsaturated/α-hetero) is 1. The Morgan fingerprint density at radius 1 is 1.12 bits per heavy atom. The van der Waals surface area contributed by atoms with Crippen molar-refractivity contribution in [2.24, 2.45) is 5.41 Å². The van der Waals surface area contributed by atoms with Crippen LogP contribution in [0.3, 0.4) is 0 Å². The van der Waals surface area contributed by atoms with Crippen LogP contribution in [-0.4, -0.2) is 36.0 Å². The van der Waals surface area contributed by atoms with Crippen molar-refractivity contribution in [3.63, 3.8) is 0 Å². The van der Waals surface area contributed by atoms with Gasteiger partial charge in [-0.2, -0.15) is 0 Å². The minimum atomic E-state index is -4.27. The van der Waals surface area contributed by atoms with Gasteiger partial charge in [0, 0.05) is 5.41 Å². The fraction of sp³-hybridized carbons (Fsp3) is 0.650. The van der Waals surface area contributed by atoms with E-state index in [4.69, 9.17) is 0 Å². The number of hydrogen-bond donors (Lipinski definition) is 0. The highest BCUT2D eigenvalue weighted by Gasteiger charge is 2.33. The van der Waals surface area contributed by atoms with Crippen molar-refractivity contribution in [2.45, 2.75) is 69.9 Å². The van der Waals surface area contributed by atoms with E-state index in [1.165, 1.54) is 44.2 Å². The van der Waals surface area contributed by atoms with Crippen LogP contribution in [0.15, 0.2) is 29.2 Å². The molecule has 26 heavy (non-hydrogen) atoms.